The van der Waals surface area contributed by atoms with E-state index in [1.54, 1.807) is 0 Å². The molecule has 1 aliphatic heterocycles. The summed E-state index contributed by atoms with van der Waals surface area (Å²) in [6.07, 6.45) is 5.41. The van der Waals surface area contributed by atoms with Gasteiger partial charge in [-0.1, -0.05) is 12.8 Å². The summed E-state index contributed by atoms with van der Waals surface area (Å²) in [4.78, 5) is 0. The maximum atomic E-state index is 3.22. The number of rotatable bonds is 0. The Bertz CT molecular complexity index is 23.8. The van der Waals surface area contributed by atoms with Crippen LogP contribution in [0, 0.1) is 6.54 Å². The molecule has 7 heavy (non-hydrogen) atoms. The van der Waals surface area contributed by atoms with Crippen LogP contribution in [0.1, 0.15) is 25.7 Å². The van der Waals surface area contributed by atoms with Crippen molar-refractivity contribution in [3.05, 3.63) is 6.54 Å². The Morgan fingerprint density at radius 1 is 1.14 bits per heavy atom. The zero-order chi connectivity index (χ0) is 4.95. The predicted octanol–water partition coefficient (Wildman–Crippen LogP) is 1.31. The summed E-state index contributed by atoms with van der Waals surface area (Å²) in [5.74, 6) is 0. The first kappa shape index (κ1) is 5.10. The predicted molar refractivity (Wildman–Crippen MR) is 30.8 cm³/mol. The van der Waals surface area contributed by atoms with Gasteiger partial charge < -0.3 is 5.32 Å². The lowest BCUT2D eigenvalue weighted by Gasteiger charge is -1.91. The summed E-state index contributed by atoms with van der Waals surface area (Å²) < 4.78 is 0. The number of hydrogen-bond donors (Lipinski definition) is 1. The Morgan fingerprint density at radius 3 is 3.14 bits per heavy atom. The molecule has 0 aromatic carbocycles. The molecule has 0 unspecified atom stereocenters. The molecule has 0 spiro atoms. The van der Waals surface area contributed by atoms with Gasteiger partial charge in [-0.3, -0.25) is 0 Å². The van der Waals surface area contributed by atoms with Crippen molar-refractivity contribution < 1.29 is 0 Å². The average molecular weight is 98.2 g/mol. The van der Waals surface area contributed by atoms with Crippen LogP contribution < -0.4 is 5.32 Å². The Hall–Kier alpha value is -0.0400. The SMILES string of the molecule is [CH]1CCCCCN1. The highest BCUT2D eigenvalue weighted by atomic mass is 14.8. The Kier molecular flexibility index (Phi) is 2.21. The van der Waals surface area contributed by atoms with Gasteiger partial charge >= 0.3 is 0 Å². The highest BCUT2D eigenvalue weighted by Gasteiger charge is 1.94. The van der Waals surface area contributed by atoms with Gasteiger partial charge in [0.25, 0.3) is 0 Å². The molecule has 1 nitrogen and oxygen atoms in total. The molecule has 1 rings (SSSR count). The molecule has 0 bridgehead atoms. The van der Waals surface area contributed by atoms with E-state index in [1.807, 2.05) is 0 Å². The lowest BCUT2D eigenvalue weighted by atomic mass is 10.2. The van der Waals surface area contributed by atoms with Crippen molar-refractivity contribution in [1.82, 2.24) is 5.32 Å². The van der Waals surface area contributed by atoms with Crippen LogP contribution in [0.25, 0.3) is 0 Å². The van der Waals surface area contributed by atoms with Crippen molar-refractivity contribution in [3.8, 4) is 0 Å². The lowest BCUT2D eigenvalue weighted by molar-refractivity contribution is 0.721. The second-order valence-electron chi connectivity index (χ2n) is 2.01. The van der Waals surface area contributed by atoms with Crippen molar-refractivity contribution in [2.24, 2.45) is 0 Å². The Morgan fingerprint density at radius 2 is 2.14 bits per heavy atom. The first-order valence-corrected chi connectivity index (χ1v) is 3.05. The van der Waals surface area contributed by atoms with E-state index in [2.05, 4.69) is 11.9 Å². The van der Waals surface area contributed by atoms with Crippen molar-refractivity contribution in [3.63, 3.8) is 0 Å². The van der Waals surface area contributed by atoms with Gasteiger partial charge in [-0.2, -0.15) is 0 Å². The van der Waals surface area contributed by atoms with Gasteiger partial charge in [0.2, 0.25) is 0 Å². The van der Waals surface area contributed by atoms with Crippen LogP contribution in [0.4, 0.5) is 0 Å². The van der Waals surface area contributed by atoms with Crippen LogP contribution in [0.3, 0.4) is 0 Å². The minimum atomic E-state index is 1.19. The molecule has 0 aromatic rings. The quantitative estimate of drug-likeness (QED) is 0.481. The highest BCUT2D eigenvalue weighted by molar-refractivity contribution is 4.65. The molecule has 1 N–H and O–H groups in total. The van der Waals surface area contributed by atoms with E-state index in [9.17, 15) is 0 Å². The molecule has 0 aliphatic carbocycles. The van der Waals surface area contributed by atoms with E-state index in [0.29, 0.717) is 0 Å². The summed E-state index contributed by atoms with van der Waals surface area (Å²) in [6.45, 7) is 3.37. The highest BCUT2D eigenvalue weighted by Crippen LogP contribution is 2.03. The van der Waals surface area contributed by atoms with Gasteiger partial charge in [0.1, 0.15) is 0 Å². The van der Waals surface area contributed by atoms with E-state index in [4.69, 9.17) is 0 Å². The van der Waals surface area contributed by atoms with Crippen molar-refractivity contribution in [2.45, 2.75) is 25.7 Å². The molecule has 1 heteroatoms. The van der Waals surface area contributed by atoms with Gasteiger partial charge in [-0.15, -0.1) is 0 Å². The summed E-state index contributed by atoms with van der Waals surface area (Å²) >= 11 is 0. The molecule has 1 radical (unpaired) electrons. The molecule has 1 aliphatic rings. The van der Waals surface area contributed by atoms with Crippen LogP contribution in [0.5, 0.6) is 0 Å². The molecule has 0 saturated carbocycles. The Labute approximate surface area is 45.1 Å². The van der Waals surface area contributed by atoms with Crippen molar-refractivity contribution in [1.29, 1.82) is 0 Å². The first-order valence-electron chi connectivity index (χ1n) is 3.05. The Balaban J connectivity index is 2.04. The van der Waals surface area contributed by atoms with Crippen LogP contribution in [-0.4, -0.2) is 6.54 Å². The van der Waals surface area contributed by atoms with E-state index >= 15 is 0 Å². The third kappa shape index (κ3) is 1.93. The molecule has 0 atom stereocenters. The van der Waals surface area contributed by atoms with E-state index in [-0.39, 0.29) is 0 Å². The van der Waals surface area contributed by atoms with Crippen LogP contribution in [0.2, 0.25) is 0 Å². The molecule has 0 aromatic heterocycles. The lowest BCUT2D eigenvalue weighted by Crippen LogP contribution is -2.07. The molecule has 1 heterocycles. The molecular formula is C6H12N. The zero-order valence-electron chi connectivity index (χ0n) is 4.61. The summed E-state index contributed by atoms with van der Waals surface area (Å²) in [6, 6.07) is 0. The van der Waals surface area contributed by atoms with Gasteiger partial charge in [-0.05, 0) is 19.4 Å². The van der Waals surface area contributed by atoms with Gasteiger partial charge in [-0.25, -0.2) is 0 Å². The normalized spacial score (nSPS) is 24.0. The fraction of sp³-hybridized carbons (Fsp3) is 0.833. The number of nitrogens with one attached hydrogen (secondary N) is 1. The third-order valence-electron chi connectivity index (χ3n) is 1.31. The minimum Gasteiger partial charge on any atom is -0.312 e. The monoisotopic (exact) mass is 98.1 g/mol. The molecule has 1 fully saturated rings. The third-order valence-corrected chi connectivity index (χ3v) is 1.31. The van der Waals surface area contributed by atoms with Crippen LogP contribution in [0.15, 0.2) is 0 Å². The van der Waals surface area contributed by atoms with Crippen LogP contribution in [-0.2, 0) is 0 Å². The molecule has 1 saturated heterocycles. The topological polar surface area (TPSA) is 12.0 Å². The average Bonchev–Trinajstić information content (AvgIpc) is 1.90. The van der Waals surface area contributed by atoms with Gasteiger partial charge in [0, 0.05) is 6.54 Å². The molecular weight excluding hydrogens is 86.1 g/mol. The summed E-state index contributed by atoms with van der Waals surface area (Å²) in [5, 5.41) is 3.22. The number of hydrogen-bond acceptors (Lipinski definition) is 1. The largest absolute Gasteiger partial charge is 0.312 e. The molecule has 0 amide bonds. The minimum absolute atomic E-state index is 1.19. The van der Waals surface area contributed by atoms with Crippen molar-refractivity contribution >= 4 is 0 Å². The fourth-order valence-electron chi connectivity index (χ4n) is 0.854. The maximum Gasteiger partial charge on any atom is 0.0221 e. The second-order valence-corrected chi connectivity index (χ2v) is 2.01. The second kappa shape index (κ2) is 3.03. The standard InChI is InChI=1S/C6H12N/c1-2-4-6-7-5-3-1/h5,7H,1-4,6H2. The maximum absolute atomic E-state index is 3.22. The van der Waals surface area contributed by atoms with Crippen molar-refractivity contribution in [2.75, 3.05) is 6.54 Å². The van der Waals surface area contributed by atoms with Gasteiger partial charge in [0.05, 0.1) is 0 Å². The zero-order valence-corrected chi connectivity index (χ0v) is 4.61. The summed E-state index contributed by atoms with van der Waals surface area (Å²) in [7, 11) is 0. The smallest absolute Gasteiger partial charge is 0.0221 e. The molecule has 41 valence electrons. The first-order chi connectivity index (χ1) is 3.50. The fourth-order valence-corrected chi connectivity index (χ4v) is 0.854. The van der Waals surface area contributed by atoms with Crippen LogP contribution >= 0.6 is 0 Å². The van der Waals surface area contributed by atoms with E-state index in [1.165, 1.54) is 32.2 Å². The summed E-state index contributed by atoms with van der Waals surface area (Å²) in [5.41, 5.74) is 0. The van der Waals surface area contributed by atoms with Gasteiger partial charge in [0.15, 0.2) is 0 Å². The van der Waals surface area contributed by atoms with E-state index < -0.39 is 0 Å². The van der Waals surface area contributed by atoms with E-state index in [0.717, 1.165) is 0 Å².